The molecular formula is C19H26N4O4S. The van der Waals surface area contributed by atoms with E-state index in [-0.39, 0.29) is 17.3 Å². The number of ether oxygens (including phenoxy) is 1. The van der Waals surface area contributed by atoms with E-state index in [4.69, 9.17) is 4.74 Å². The van der Waals surface area contributed by atoms with Crippen molar-refractivity contribution in [1.29, 1.82) is 0 Å². The summed E-state index contributed by atoms with van der Waals surface area (Å²) in [6, 6.07) is 9.90. The lowest BCUT2D eigenvalue weighted by Gasteiger charge is -2.26. The molecule has 1 aromatic carbocycles. The Morgan fingerprint density at radius 3 is 2.54 bits per heavy atom. The summed E-state index contributed by atoms with van der Waals surface area (Å²) >= 11 is 0. The lowest BCUT2D eigenvalue weighted by atomic mass is 10.1. The van der Waals surface area contributed by atoms with E-state index in [1.807, 2.05) is 30.3 Å². The van der Waals surface area contributed by atoms with Crippen LogP contribution in [0.3, 0.4) is 0 Å². The number of rotatable bonds is 7. The number of nitrogens with zero attached hydrogens (tertiary/aromatic N) is 3. The highest BCUT2D eigenvalue weighted by molar-refractivity contribution is 7.89. The second-order valence-corrected chi connectivity index (χ2v) is 8.63. The Kier molecular flexibility index (Phi) is 6.48. The van der Waals surface area contributed by atoms with Gasteiger partial charge in [-0.2, -0.15) is 9.40 Å². The van der Waals surface area contributed by atoms with E-state index in [2.05, 4.69) is 10.4 Å². The van der Waals surface area contributed by atoms with Crippen LogP contribution in [0.4, 0.5) is 0 Å². The van der Waals surface area contributed by atoms with Crippen LogP contribution in [0.1, 0.15) is 17.0 Å². The summed E-state index contributed by atoms with van der Waals surface area (Å²) in [6.07, 6.45) is 0.736. The fourth-order valence-electron chi connectivity index (χ4n) is 3.31. The first-order valence-electron chi connectivity index (χ1n) is 9.32. The van der Waals surface area contributed by atoms with Gasteiger partial charge in [0.2, 0.25) is 15.9 Å². The van der Waals surface area contributed by atoms with Crippen LogP contribution in [-0.2, 0) is 32.5 Å². The second-order valence-electron chi connectivity index (χ2n) is 6.76. The van der Waals surface area contributed by atoms with E-state index >= 15 is 0 Å². The fraction of sp³-hybridized carbons (Fsp3) is 0.474. The second kappa shape index (κ2) is 8.85. The number of aromatic nitrogens is 2. The first-order valence-corrected chi connectivity index (χ1v) is 10.8. The van der Waals surface area contributed by atoms with Crippen LogP contribution >= 0.6 is 0 Å². The quantitative estimate of drug-likeness (QED) is 0.737. The minimum absolute atomic E-state index is 0.0138. The van der Waals surface area contributed by atoms with Crippen LogP contribution in [0.15, 0.2) is 35.2 Å². The van der Waals surface area contributed by atoms with Crippen molar-refractivity contribution in [3.05, 3.63) is 47.3 Å². The molecule has 0 unspecified atom stereocenters. The van der Waals surface area contributed by atoms with Crippen molar-refractivity contribution < 1.29 is 17.9 Å². The summed E-state index contributed by atoms with van der Waals surface area (Å²) in [6.45, 7) is 5.26. The van der Waals surface area contributed by atoms with Gasteiger partial charge in [0.1, 0.15) is 11.4 Å². The third kappa shape index (κ3) is 4.60. The molecular weight excluding hydrogens is 380 g/mol. The van der Waals surface area contributed by atoms with E-state index in [9.17, 15) is 13.2 Å². The number of sulfonamides is 1. The highest BCUT2D eigenvalue weighted by Crippen LogP contribution is 2.24. The molecule has 3 rings (SSSR count). The number of hydrogen-bond donors (Lipinski definition) is 1. The van der Waals surface area contributed by atoms with E-state index in [0.717, 1.165) is 12.0 Å². The average Bonchev–Trinajstić information content (AvgIpc) is 2.97. The summed E-state index contributed by atoms with van der Waals surface area (Å²) in [5.74, 6) is -0.197. The molecule has 8 nitrogen and oxygen atoms in total. The largest absolute Gasteiger partial charge is 0.379 e. The van der Waals surface area contributed by atoms with Crippen LogP contribution in [0, 0.1) is 13.8 Å². The van der Waals surface area contributed by atoms with Gasteiger partial charge in [0.15, 0.2) is 0 Å². The highest BCUT2D eigenvalue weighted by atomic mass is 32.2. The summed E-state index contributed by atoms with van der Waals surface area (Å²) < 4.78 is 34.1. The molecule has 1 saturated heterocycles. The first kappa shape index (κ1) is 20.5. The van der Waals surface area contributed by atoms with Crippen LogP contribution in [0.5, 0.6) is 0 Å². The lowest BCUT2D eigenvalue weighted by Crippen LogP contribution is -2.41. The summed E-state index contributed by atoms with van der Waals surface area (Å²) in [5.41, 5.74) is 2.02. The maximum atomic E-state index is 13.0. The van der Waals surface area contributed by atoms with Crippen molar-refractivity contribution >= 4 is 15.9 Å². The SMILES string of the molecule is Cc1nn(CC(=O)NCCc2ccccc2)c(C)c1S(=O)(=O)N1CCOCC1. The molecule has 0 atom stereocenters. The van der Waals surface area contributed by atoms with Gasteiger partial charge in [0.05, 0.1) is 24.6 Å². The molecule has 1 N–H and O–H groups in total. The van der Waals surface area contributed by atoms with Gasteiger partial charge in [0.25, 0.3) is 0 Å². The van der Waals surface area contributed by atoms with Gasteiger partial charge in [-0.05, 0) is 25.8 Å². The Bertz CT molecular complexity index is 919. The van der Waals surface area contributed by atoms with E-state index < -0.39 is 10.0 Å². The number of hydrogen-bond acceptors (Lipinski definition) is 5. The van der Waals surface area contributed by atoms with Crippen molar-refractivity contribution in [3.63, 3.8) is 0 Å². The van der Waals surface area contributed by atoms with E-state index in [0.29, 0.717) is 44.2 Å². The Hall–Kier alpha value is -2.23. The molecule has 2 heterocycles. The summed E-state index contributed by atoms with van der Waals surface area (Å²) in [4.78, 5) is 12.5. The van der Waals surface area contributed by atoms with Crippen molar-refractivity contribution in [3.8, 4) is 0 Å². The van der Waals surface area contributed by atoms with Crippen molar-refractivity contribution in [2.75, 3.05) is 32.8 Å². The minimum atomic E-state index is -3.65. The van der Waals surface area contributed by atoms with Crippen molar-refractivity contribution in [2.45, 2.75) is 31.7 Å². The number of nitrogens with one attached hydrogen (secondary N) is 1. The standard InChI is InChI=1S/C19H26N4O4S/c1-15-19(28(25,26)22-10-12-27-13-11-22)16(2)23(21-15)14-18(24)20-9-8-17-6-4-3-5-7-17/h3-7H,8-14H2,1-2H3,(H,20,24). The summed E-state index contributed by atoms with van der Waals surface area (Å²) in [7, 11) is -3.65. The first-order chi connectivity index (χ1) is 13.4. The van der Waals surface area contributed by atoms with Gasteiger partial charge in [-0.25, -0.2) is 8.42 Å². The maximum Gasteiger partial charge on any atom is 0.246 e. The predicted molar refractivity (Wildman–Crippen MR) is 104 cm³/mol. The van der Waals surface area contributed by atoms with Gasteiger partial charge in [-0.15, -0.1) is 0 Å². The van der Waals surface area contributed by atoms with Crippen LogP contribution in [-0.4, -0.2) is 61.3 Å². The Labute approximate surface area is 165 Å². The fourth-order valence-corrected chi connectivity index (χ4v) is 5.09. The maximum absolute atomic E-state index is 13.0. The Balaban J connectivity index is 1.65. The summed E-state index contributed by atoms with van der Waals surface area (Å²) in [5, 5.41) is 7.16. The van der Waals surface area contributed by atoms with Gasteiger partial charge < -0.3 is 10.1 Å². The smallest absolute Gasteiger partial charge is 0.246 e. The monoisotopic (exact) mass is 406 g/mol. The molecule has 0 bridgehead atoms. The van der Waals surface area contributed by atoms with E-state index in [1.54, 1.807) is 13.8 Å². The number of morpholine rings is 1. The Morgan fingerprint density at radius 1 is 1.18 bits per heavy atom. The average molecular weight is 407 g/mol. The van der Waals surface area contributed by atoms with Crippen molar-refractivity contribution in [1.82, 2.24) is 19.4 Å². The third-order valence-electron chi connectivity index (χ3n) is 4.76. The number of amides is 1. The zero-order chi connectivity index (χ0) is 20.1. The number of carbonyl (C=O) groups excluding carboxylic acids is 1. The molecule has 9 heteroatoms. The minimum Gasteiger partial charge on any atom is -0.379 e. The van der Waals surface area contributed by atoms with Gasteiger partial charge in [-0.1, -0.05) is 30.3 Å². The predicted octanol–water partition coefficient (Wildman–Crippen LogP) is 0.880. The molecule has 28 heavy (non-hydrogen) atoms. The van der Waals surface area contributed by atoms with Crippen LogP contribution in [0.25, 0.3) is 0 Å². The molecule has 2 aromatic rings. The molecule has 0 aliphatic carbocycles. The number of aryl methyl sites for hydroxylation is 1. The third-order valence-corrected chi connectivity index (χ3v) is 6.91. The molecule has 152 valence electrons. The Morgan fingerprint density at radius 2 is 1.86 bits per heavy atom. The number of benzene rings is 1. The number of carbonyl (C=O) groups is 1. The molecule has 1 amide bonds. The highest BCUT2D eigenvalue weighted by Gasteiger charge is 2.32. The van der Waals surface area contributed by atoms with Crippen molar-refractivity contribution in [2.24, 2.45) is 0 Å². The molecule has 1 fully saturated rings. The normalized spacial score (nSPS) is 15.5. The topological polar surface area (TPSA) is 93.5 Å². The molecule has 0 radical (unpaired) electrons. The van der Waals surface area contributed by atoms with Crippen LogP contribution < -0.4 is 5.32 Å². The molecule has 1 aromatic heterocycles. The molecule has 0 saturated carbocycles. The van der Waals surface area contributed by atoms with Crippen LogP contribution in [0.2, 0.25) is 0 Å². The zero-order valence-electron chi connectivity index (χ0n) is 16.2. The lowest BCUT2D eigenvalue weighted by molar-refractivity contribution is -0.121. The van der Waals surface area contributed by atoms with Gasteiger partial charge in [0, 0.05) is 19.6 Å². The van der Waals surface area contributed by atoms with Gasteiger partial charge in [-0.3, -0.25) is 9.48 Å². The molecule has 1 aliphatic rings. The molecule has 1 aliphatic heterocycles. The van der Waals surface area contributed by atoms with Gasteiger partial charge >= 0.3 is 0 Å². The molecule has 0 spiro atoms. The zero-order valence-corrected chi connectivity index (χ0v) is 17.0. The van der Waals surface area contributed by atoms with E-state index in [1.165, 1.54) is 8.99 Å².